The second-order valence-electron chi connectivity index (χ2n) is 15.0. The van der Waals surface area contributed by atoms with E-state index in [1.54, 1.807) is 0 Å². The second-order valence-corrected chi connectivity index (χ2v) is 15.9. The number of halogens is 1. The van der Waals surface area contributed by atoms with E-state index in [4.69, 9.17) is 9.47 Å². The van der Waals surface area contributed by atoms with Crippen LogP contribution in [-0.2, 0) is 36.4 Å². The van der Waals surface area contributed by atoms with Crippen molar-refractivity contribution in [1.82, 2.24) is 19.1 Å². The predicted octanol–water partition coefficient (Wildman–Crippen LogP) is 9.96. The van der Waals surface area contributed by atoms with Crippen molar-refractivity contribution in [3.05, 3.63) is 152 Å². The van der Waals surface area contributed by atoms with E-state index in [1.165, 1.54) is 32.6 Å². The largest absolute Gasteiger partial charge is 0.465 e. The monoisotopic (exact) mass is 819 g/mol. The van der Waals surface area contributed by atoms with E-state index in [-0.39, 0.29) is 11.9 Å². The summed E-state index contributed by atoms with van der Waals surface area (Å²) in [6.45, 7) is 0. The maximum Gasteiger partial charge on any atom is 0.339 e. The molecule has 0 unspecified atom stereocenters. The van der Waals surface area contributed by atoms with E-state index in [1.807, 2.05) is 62.9 Å². The van der Waals surface area contributed by atoms with Gasteiger partial charge in [0.2, 0.25) is 0 Å². The van der Waals surface area contributed by atoms with E-state index in [0.717, 1.165) is 78.4 Å². The van der Waals surface area contributed by atoms with Crippen LogP contribution >= 0.6 is 15.9 Å². The molecule has 9 nitrogen and oxygen atoms in total. The fourth-order valence-corrected chi connectivity index (χ4v) is 8.20. The number of hydrogen-bond donors (Lipinski definition) is 0. The number of carbonyl (C=O) groups is 2. The normalized spacial score (nSPS) is 13.5. The van der Waals surface area contributed by atoms with Crippen molar-refractivity contribution in [2.24, 2.45) is 14.1 Å². The van der Waals surface area contributed by atoms with Gasteiger partial charge in [0.1, 0.15) is 0 Å². The summed E-state index contributed by atoms with van der Waals surface area (Å²) in [6, 6.07) is 26.5. The zero-order valence-corrected chi connectivity index (χ0v) is 34.0. The van der Waals surface area contributed by atoms with E-state index in [9.17, 15) is 14.9 Å². The summed E-state index contributed by atoms with van der Waals surface area (Å²) in [6.07, 6.45) is 13.8. The van der Waals surface area contributed by atoms with Crippen LogP contribution in [0.3, 0.4) is 0 Å². The summed E-state index contributed by atoms with van der Waals surface area (Å²) >= 11 is 3.61. The lowest BCUT2D eigenvalue weighted by atomic mass is 9.98. The number of nitriles is 1. The molecule has 2 fully saturated rings. The molecular weight excluding hydrogens is 778 g/mol. The van der Waals surface area contributed by atoms with Gasteiger partial charge in [0.05, 0.1) is 48.4 Å². The van der Waals surface area contributed by atoms with Crippen molar-refractivity contribution in [3.8, 4) is 17.2 Å². The molecule has 4 heterocycles. The van der Waals surface area contributed by atoms with Gasteiger partial charge in [-0.05, 0) is 130 Å². The molecule has 0 saturated heterocycles. The highest BCUT2D eigenvalue weighted by atomic mass is 79.9. The van der Waals surface area contributed by atoms with Crippen LogP contribution in [0.2, 0.25) is 0 Å². The number of aryl methyl sites for hydroxylation is 2. The first-order valence-corrected chi connectivity index (χ1v) is 19.9. The van der Waals surface area contributed by atoms with E-state index < -0.39 is 0 Å². The average Bonchev–Trinajstić information content (AvgIpc) is 4.18. The van der Waals surface area contributed by atoms with Crippen LogP contribution < -0.4 is 0 Å². The molecule has 10 heteroatoms. The number of aromatic nitrogens is 4. The fourth-order valence-electron chi connectivity index (χ4n) is 7.58. The van der Waals surface area contributed by atoms with Gasteiger partial charge in [0, 0.05) is 83.6 Å². The van der Waals surface area contributed by atoms with Crippen molar-refractivity contribution in [1.29, 1.82) is 5.26 Å². The molecule has 286 valence electrons. The van der Waals surface area contributed by atoms with Crippen molar-refractivity contribution >= 4 is 49.7 Å². The Bertz CT molecular complexity index is 2730. The minimum absolute atomic E-state index is 0.313. The second kappa shape index (κ2) is 15.8. The van der Waals surface area contributed by atoms with E-state index >= 15 is 0 Å². The number of pyridine rings is 2. The molecule has 0 radical (unpaired) electrons. The summed E-state index contributed by atoms with van der Waals surface area (Å²) in [5, 5.41) is 11.6. The van der Waals surface area contributed by atoms with Gasteiger partial charge in [-0.25, -0.2) is 9.59 Å². The number of esters is 2. The lowest BCUT2D eigenvalue weighted by Gasteiger charge is -2.10. The van der Waals surface area contributed by atoms with Crippen LogP contribution in [0.25, 0.3) is 32.9 Å². The summed E-state index contributed by atoms with van der Waals surface area (Å²) in [5.41, 5.74) is 12.1. The van der Waals surface area contributed by atoms with Crippen molar-refractivity contribution in [2.75, 3.05) is 14.2 Å². The molecule has 57 heavy (non-hydrogen) atoms. The summed E-state index contributed by atoms with van der Waals surface area (Å²) < 4.78 is 15.3. The molecule has 2 aliphatic rings. The van der Waals surface area contributed by atoms with Crippen LogP contribution in [0.4, 0.5) is 0 Å². The Balaban J connectivity index is 0.000000165. The fraction of sp³-hybridized carbons (Fsp3) is 0.255. The van der Waals surface area contributed by atoms with Crippen molar-refractivity contribution < 1.29 is 19.1 Å². The Morgan fingerprint density at radius 2 is 1.26 bits per heavy atom. The molecule has 0 atom stereocenters. The third-order valence-corrected chi connectivity index (χ3v) is 11.6. The first-order valence-electron chi connectivity index (χ1n) is 19.1. The Labute approximate surface area is 340 Å². The van der Waals surface area contributed by atoms with E-state index in [2.05, 4.69) is 89.9 Å². The molecule has 0 bridgehead atoms. The minimum Gasteiger partial charge on any atom is -0.465 e. The lowest BCUT2D eigenvalue weighted by molar-refractivity contribution is 0.0590. The Morgan fingerprint density at radius 3 is 1.79 bits per heavy atom. The molecule has 0 N–H and O–H groups in total. The Hall–Kier alpha value is -6.05. The number of benzene rings is 3. The van der Waals surface area contributed by atoms with Crippen LogP contribution in [0.1, 0.15) is 97.4 Å². The van der Waals surface area contributed by atoms with Gasteiger partial charge in [-0.1, -0.05) is 24.3 Å². The zero-order valence-electron chi connectivity index (χ0n) is 32.4. The third-order valence-electron chi connectivity index (χ3n) is 11.0. The molecule has 4 aromatic heterocycles. The van der Waals surface area contributed by atoms with Gasteiger partial charge in [0.25, 0.3) is 0 Å². The standard InChI is InChI=1S/C27H23N3O2.C20H19BrN2O2/c1-30-16-24(20-5-3-4-18(10-20)14-28)22-11-17(6-9-26(22)30)12-25-23(27(31)32-2)13-21(15-29-25)19-7-8-19;1-23-11-17(21)15-7-12(3-6-19(15)23)8-18-16(20(24)25-2)9-14(10-22-18)13-4-5-13/h3-6,9-11,13,15-16,19H,7-8,12H2,1-2H3;3,6-7,9-11,13H,4-5,8H2,1-2H3. The SMILES string of the molecule is COC(=O)c1cc(C2CC2)cnc1Cc1ccc2c(c1)c(-c1cccc(C#N)c1)cn2C.COC(=O)c1cc(C2CC2)cnc1Cc1ccc2c(c1)c(Br)cn2C. The summed E-state index contributed by atoms with van der Waals surface area (Å²) in [5.74, 6) is 0.422. The molecule has 0 aliphatic heterocycles. The van der Waals surface area contributed by atoms with Crippen molar-refractivity contribution in [3.63, 3.8) is 0 Å². The molecule has 0 spiro atoms. The van der Waals surface area contributed by atoms with Gasteiger partial charge < -0.3 is 18.6 Å². The van der Waals surface area contributed by atoms with Gasteiger partial charge in [-0.3, -0.25) is 9.97 Å². The highest BCUT2D eigenvalue weighted by Crippen LogP contribution is 2.41. The topological polar surface area (TPSA) is 112 Å². The maximum absolute atomic E-state index is 12.4. The number of rotatable bonds is 9. The third kappa shape index (κ3) is 7.98. The van der Waals surface area contributed by atoms with Crippen LogP contribution in [0.5, 0.6) is 0 Å². The number of fused-ring (bicyclic) bond motifs is 2. The average molecular weight is 821 g/mol. The smallest absolute Gasteiger partial charge is 0.339 e. The number of carbonyl (C=O) groups excluding carboxylic acids is 2. The van der Waals surface area contributed by atoms with Gasteiger partial charge in [-0.15, -0.1) is 0 Å². The minimum atomic E-state index is -0.343. The van der Waals surface area contributed by atoms with Gasteiger partial charge >= 0.3 is 11.9 Å². The van der Waals surface area contributed by atoms with Crippen LogP contribution in [-0.4, -0.2) is 45.3 Å². The Kier molecular flexibility index (Phi) is 10.5. The molecule has 7 aromatic rings. The first kappa shape index (κ1) is 37.9. The van der Waals surface area contributed by atoms with Gasteiger partial charge in [-0.2, -0.15) is 5.26 Å². The highest BCUT2D eigenvalue weighted by Gasteiger charge is 2.27. The molecule has 2 saturated carbocycles. The lowest BCUT2D eigenvalue weighted by Crippen LogP contribution is -2.09. The summed E-state index contributed by atoms with van der Waals surface area (Å²) in [4.78, 5) is 33.9. The van der Waals surface area contributed by atoms with E-state index in [0.29, 0.717) is 41.4 Å². The molecule has 3 aromatic carbocycles. The highest BCUT2D eigenvalue weighted by molar-refractivity contribution is 9.10. The van der Waals surface area contributed by atoms with Crippen LogP contribution in [0, 0.1) is 11.3 Å². The predicted molar refractivity (Wildman–Crippen MR) is 224 cm³/mol. The number of methoxy groups -OCH3 is 2. The Morgan fingerprint density at radius 1 is 0.737 bits per heavy atom. The number of hydrogen-bond acceptors (Lipinski definition) is 7. The molecule has 0 amide bonds. The maximum atomic E-state index is 12.4. The van der Waals surface area contributed by atoms with Gasteiger partial charge in [0.15, 0.2) is 0 Å². The first-order chi connectivity index (χ1) is 27.6. The number of nitrogens with zero attached hydrogens (tertiary/aromatic N) is 5. The zero-order chi connectivity index (χ0) is 39.8. The molecule has 9 rings (SSSR count). The molecular formula is C47H42BrN5O4. The summed E-state index contributed by atoms with van der Waals surface area (Å²) in [7, 11) is 6.88. The molecule has 2 aliphatic carbocycles. The van der Waals surface area contributed by atoms with Crippen molar-refractivity contribution in [2.45, 2.75) is 50.4 Å². The van der Waals surface area contributed by atoms with Crippen LogP contribution in [0.15, 0.2) is 102 Å². The number of ether oxygens (including phenoxy) is 2. The quantitative estimate of drug-likeness (QED) is 0.133.